The average molecular weight is 717 g/mol. The molecule has 3 aliphatic rings. The summed E-state index contributed by atoms with van der Waals surface area (Å²) in [6, 6.07) is 19.6. The van der Waals surface area contributed by atoms with Crippen LogP contribution >= 0.6 is 24.8 Å². The van der Waals surface area contributed by atoms with E-state index in [1.165, 1.54) is 37.4 Å². The maximum absolute atomic E-state index is 14.9. The molecule has 1 unspecified atom stereocenters. The molecule has 0 saturated carbocycles. The highest BCUT2D eigenvalue weighted by atomic mass is 35.5. The number of piperidine rings is 1. The summed E-state index contributed by atoms with van der Waals surface area (Å²) in [5.74, 6) is -0.625. The number of rotatable bonds is 6. The maximum Gasteiger partial charge on any atom is 0.411 e. The molecule has 0 N–H and O–H groups in total. The highest BCUT2D eigenvalue weighted by molar-refractivity contribution is 7.93. The van der Waals surface area contributed by atoms with Gasteiger partial charge in [-0.05, 0) is 75.8 Å². The minimum absolute atomic E-state index is 0. The van der Waals surface area contributed by atoms with Crippen molar-refractivity contribution in [3.05, 3.63) is 89.0 Å². The SMILES string of the molecule is COc1ccc2c(c1)C(OC(=O)N1CCN(C3CCN(C)CC3)CC1)(c1ccccc1C)C(=O)N2S(=O)(=O)c1ccccc1C#N.Cl.Cl. The first kappa shape index (κ1) is 37.0. The van der Waals surface area contributed by atoms with E-state index >= 15 is 0 Å². The van der Waals surface area contributed by atoms with Crippen molar-refractivity contribution in [3.63, 3.8) is 0 Å². The molecule has 3 heterocycles. The Labute approximate surface area is 293 Å². The number of amides is 2. The number of likely N-dealkylation sites (tertiary alicyclic amines) is 1. The van der Waals surface area contributed by atoms with Crippen molar-refractivity contribution >= 4 is 52.5 Å². The molecule has 0 radical (unpaired) electrons. The van der Waals surface area contributed by atoms with E-state index in [2.05, 4.69) is 16.8 Å². The number of carbonyl (C=O) groups excluding carboxylic acids is 2. The lowest BCUT2D eigenvalue weighted by atomic mass is 9.84. The Balaban J connectivity index is 0.00000260. The standard InChI is InChI=1S/C34H37N5O6S.2ClH/c1-24-8-4-6-10-28(24)34(45-33(41)38-20-18-37(19-21-38)26-14-16-36(2)17-15-26)29-22-27(44-3)12-13-30(29)39(32(34)40)46(42,43)31-11-7-5-9-25(31)23-35;;/h4-13,22,26H,14-21H2,1-3H3;2*1H. The minimum Gasteiger partial charge on any atom is -0.497 e. The summed E-state index contributed by atoms with van der Waals surface area (Å²) < 4.78 is 41.1. The van der Waals surface area contributed by atoms with Crippen LogP contribution in [-0.2, 0) is 25.2 Å². The second kappa shape index (κ2) is 14.7. The number of carbonyl (C=O) groups is 2. The van der Waals surface area contributed by atoms with Crippen molar-refractivity contribution in [2.75, 3.05) is 57.7 Å². The van der Waals surface area contributed by atoms with Gasteiger partial charge in [-0.25, -0.2) is 13.2 Å². The topological polar surface area (TPSA) is 123 Å². The molecule has 2 fully saturated rings. The number of nitrogens with zero attached hydrogens (tertiary/aromatic N) is 5. The number of benzene rings is 3. The Morgan fingerprint density at radius 2 is 1.56 bits per heavy atom. The number of fused-ring (bicyclic) bond motifs is 1. The number of halogens is 2. The third kappa shape index (κ3) is 6.33. The highest BCUT2D eigenvalue weighted by Gasteiger charge is 2.60. The van der Waals surface area contributed by atoms with Crippen LogP contribution in [0.5, 0.6) is 5.75 Å². The molecule has 11 nitrogen and oxygen atoms in total. The molecule has 0 aromatic heterocycles. The number of aryl methyl sites for hydroxylation is 1. The molecule has 14 heteroatoms. The molecule has 3 aromatic carbocycles. The predicted molar refractivity (Wildman–Crippen MR) is 185 cm³/mol. The van der Waals surface area contributed by atoms with Crippen molar-refractivity contribution in [1.82, 2.24) is 14.7 Å². The van der Waals surface area contributed by atoms with Crippen LogP contribution in [0.1, 0.15) is 35.1 Å². The van der Waals surface area contributed by atoms with Gasteiger partial charge in [0.25, 0.3) is 15.9 Å². The normalized spacial score (nSPS) is 20.2. The van der Waals surface area contributed by atoms with Crippen molar-refractivity contribution in [2.45, 2.75) is 36.3 Å². The number of hydrogen-bond acceptors (Lipinski definition) is 9. The molecule has 48 heavy (non-hydrogen) atoms. The monoisotopic (exact) mass is 715 g/mol. The molecule has 0 bridgehead atoms. The van der Waals surface area contributed by atoms with Gasteiger partial charge in [-0.2, -0.15) is 9.57 Å². The van der Waals surface area contributed by atoms with E-state index in [0.717, 1.165) is 25.9 Å². The largest absolute Gasteiger partial charge is 0.497 e. The van der Waals surface area contributed by atoms with Gasteiger partial charge in [0, 0.05) is 43.3 Å². The van der Waals surface area contributed by atoms with Crippen LogP contribution in [0.3, 0.4) is 0 Å². The molecule has 0 aliphatic carbocycles. The van der Waals surface area contributed by atoms with Crippen LogP contribution < -0.4 is 9.04 Å². The summed E-state index contributed by atoms with van der Waals surface area (Å²) in [4.78, 5) is 35.0. The molecular weight excluding hydrogens is 677 g/mol. The molecule has 1 atom stereocenters. The zero-order valence-electron chi connectivity index (χ0n) is 27.0. The van der Waals surface area contributed by atoms with Crippen molar-refractivity contribution in [1.29, 1.82) is 5.26 Å². The van der Waals surface area contributed by atoms with Gasteiger partial charge in [-0.15, -0.1) is 24.8 Å². The summed E-state index contributed by atoms with van der Waals surface area (Å²) in [5.41, 5.74) is -1.13. The van der Waals surface area contributed by atoms with Crippen LogP contribution in [0.2, 0.25) is 0 Å². The number of sulfonamides is 1. The van der Waals surface area contributed by atoms with Crippen molar-refractivity contribution in [2.24, 2.45) is 0 Å². The number of methoxy groups -OCH3 is 1. The van der Waals surface area contributed by atoms with Gasteiger partial charge in [0.2, 0.25) is 5.60 Å². The Hall–Kier alpha value is -3.86. The molecule has 3 aliphatic heterocycles. The van der Waals surface area contributed by atoms with E-state index in [1.807, 2.05) is 6.07 Å². The lowest BCUT2D eigenvalue weighted by Gasteiger charge is -2.42. The van der Waals surface area contributed by atoms with E-state index in [-0.39, 0.29) is 46.5 Å². The van der Waals surface area contributed by atoms with Crippen LogP contribution in [-0.4, -0.2) is 94.6 Å². The Morgan fingerprint density at radius 3 is 2.21 bits per heavy atom. The number of nitriles is 1. The molecule has 3 aromatic rings. The molecule has 2 amide bonds. The van der Waals surface area contributed by atoms with E-state index in [1.54, 1.807) is 48.2 Å². The number of piperazine rings is 1. The molecule has 256 valence electrons. The average Bonchev–Trinajstić information content (AvgIpc) is 3.32. The Bertz CT molecular complexity index is 1820. The first-order valence-electron chi connectivity index (χ1n) is 15.4. The quantitative estimate of drug-likeness (QED) is 0.362. The van der Waals surface area contributed by atoms with Gasteiger partial charge in [0.15, 0.2) is 0 Å². The molecule has 0 spiro atoms. The van der Waals surface area contributed by atoms with E-state index in [4.69, 9.17) is 9.47 Å². The van der Waals surface area contributed by atoms with Gasteiger partial charge in [0.05, 0.1) is 18.4 Å². The summed E-state index contributed by atoms with van der Waals surface area (Å²) >= 11 is 0. The zero-order valence-corrected chi connectivity index (χ0v) is 29.4. The second-order valence-corrected chi connectivity index (χ2v) is 13.7. The lowest BCUT2D eigenvalue weighted by Crippen LogP contribution is -2.55. The van der Waals surface area contributed by atoms with Gasteiger partial charge in [-0.3, -0.25) is 9.69 Å². The van der Waals surface area contributed by atoms with Crippen LogP contribution in [0.25, 0.3) is 0 Å². The van der Waals surface area contributed by atoms with Crippen LogP contribution in [0.15, 0.2) is 71.6 Å². The fourth-order valence-corrected chi connectivity index (χ4v) is 8.40. The molecule has 2 saturated heterocycles. The fraction of sp³-hybridized carbons (Fsp3) is 0.382. The maximum atomic E-state index is 14.9. The number of hydrogen-bond donors (Lipinski definition) is 0. The van der Waals surface area contributed by atoms with Crippen LogP contribution in [0.4, 0.5) is 10.5 Å². The number of ether oxygens (including phenoxy) is 2. The Morgan fingerprint density at radius 1 is 0.917 bits per heavy atom. The third-order valence-corrected chi connectivity index (χ3v) is 11.1. The second-order valence-electron chi connectivity index (χ2n) is 12.0. The minimum atomic E-state index is -4.63. The van der Waals surface area contributed by atoms with Crippen molar-refractivity contribution in [3.8, 4) is 11.8 Å². The lowest BCUT2D eigenvalue weighted by molar-refractivity contribution is -0.132. The van der Waals surface area contributed by atoms with E-state index in [0.29, 0.717) is 53.4 Å². The molecule has 6 rings (SSSR count). The van der Waals surface area contributed by atoms with Gasteiger partial charge in [-0.1, -0.05) is 36.4 Å². The summed E-state index contributed by atoms with van der Waals surface area (Å²) in [6.07, 6.45) is 1.43. The molecular formula is C34H39Cl2N5O6S. The van der Waals surface area contributed by atoms with Crippen LogP contribution in [0, 0.1) is 18.3 Å². The first-order valence-corrected chi connectivity index (χ1v) is 16.8. The summed E-state index contributed by atoms with van der Waals surface area (Å²) in [6.45, 7) is 6.01. The number of anilines is 1. The van der Waals surface area contributed by atoms with E-state index in [9.17, 15) is 23.3 Å². The fourth-order valence-electron chi connectivity index (χ4n) is 6.80. The summed E-state index contributed by atoms with van der Waals surface area (Å²) in [7, 11) is -1.05. The summed E-state index contributed by atoms with van der Waals surface area (Å²) in [5, 5.41) is 9.73. The first-order chi connectivity index (χ1) is 22.1. The Kier molecular flexibility index (Phi) is 11.3. The predicted octanol–water partition coefficient (Wildman–Crippen LogP) is 4.55. The zero-order chi connectivity index (χ0) is 32.6. The third-order valence-electron chi connectivity index (χ3n) is 9.35. The van der Waals surface area contributed by atoms with Gasteiger partial charge in [0.1, 0.15) is 16.7 Å². The van der Waals surface area contributed by atoms with Gasteiger partial charge < -0.3 is 19.3 Å². The highest BCUT2D eigenvalue weighted by Crippen LogP contribution is 2.51. The van der Waals surface area contributed by atoms with E-state index < -0.39 is 27.6 Å². The van der Waals surface area contributed by atoms with Gasteiger partial charge >= 0.3 is 6.09 Å². The smallest absolute Gasteiger partial charge is 0.411 e. The van der Waals surface area contributed by atoms with Crippen molar-refractivity contribution < 1.29 is 27.5 Å².